The first-order valence-electron chi connectivity index (χ1n) is 7.60. The number of hydrogen-bond donors (Lipinski definition) is 1. The van der Waals surface area contributed by atoms with E-state index in [1.54, 1.807) is 6.20 Å². The first-order chi connectivity index (χ1) is 10.8. The fourth-order valence-corrected chi connectivity index (χ4v) is 3.46. The Morgan fingerprint density at radius 2 is 2.09 bits per heavy atom. The van der Waals surface area contributed by atoms with Gasteiger partial charge in [0.05, 0.1) is 15.8 Å². The van der Waals surface area contributed by atoms with Crippen LogP contribution in [-0.2, 0) is 0 Å². The van der Waals surface area contributed by atoms with E-state index in [-0.39, 0.29) is 0 Å². The molecular weight excluding hydrogens is 387 g/mol. The molecule has 5 heteroatoms. The van der Waals surface area contributed by atoms with E-state index in [0.717, 1.165) is 27.2 Å². The van der Waals surface area contributed by atoms with E-state index in [1.165, 1.54) is 18.4 Å². The molecule has 0 bridgehead atoms. The lowest BCUT2D eigenvalue weighted by Gasteiger charge is -2.20. The number of benzene rings is 1. The lowest BCUT2D eigenvalue weighted by atomic mass is 10.0. The lowest BCUT2D eigenvalue weighted by molar-refractivity contribution is 0.628. The molecule has 1 N–H and O–H groups in total. The summed E-state index contributed by atoms with van der Waals surface area (Å²) in [4.78, 5) is 4.56. The first-order valence-corrected chi connectivity index (χ1v) is 8.68. The van der Waals surface area contributed by atoms with Crippen LogP contribution < -0.4 is 5.32 Å². The molecule has 4 rings (SSSR count). The number of hydrogen-bond acceptors (Lipinski definition) is 3. The lowest BCUT2D eigenvalue weighted by Crippen LogP contribution is -2.13. The van der Waals surface area contributed by atoms with Gasteiger partial charge in [0.2, 0.25) is 0 Å². The van der Waals surface area contributed by atoms with E-state index >= 15 is 0 Å². The zero-order valence-corrected chi connectivity index (χ0v) is 14.3. The molecular formula is C17H17IN4. The predicted octanol–water partition coefficient (Wildman–Crippen LogP) is 4.29. The van der Waals surface area contributed by atoms with Crippen molar-refractivity contribution in [3.05, 3.63) is 58.1 Å². The van der Waals surface area contributed by atoms with E-state index in [9.17, 15) is 0 Å². The Kier molecular flexibility index (Phi) is 3.73. The standard InChI is InChI=1S/C17H17IN4/c18-14-11-20-22-9-8-19-17(16(14)22)21-15(10-12-6-7-12)13-4-2-1-3-5-13/h1-5,8-9,11-12,15H,6-7,10H2,(H,19,21). The fourth-order valence-electron chi connectivity index (χ4n) is 2.83. The Labute approximate surface area is 143 Å². The Morgan fingerprint density at radius 1 is 1.27 bits per heavy atom. The van der Waals surface area contributed by atoms with Gasteiger partial charge in [-0.1, -0.05) is 43.2 Å². The van der Waals surface area contributed by atoms with Crippen molar-refractivity contribution in [1.29, 1.82) is 0 Å². The van der Waals surface area contributed by atoms with Gasteiger partial charge in [0.25, 0.3) is 0 Å². The molecule has 22 heavy (non-hydrogen) atoms. The zero-order valence-electron chi connectivity index (χ0n) is 12.1. The van der Waals surface area contributed by atoms with Crippen molar-refractivity contribution < 1.29 is 0 Å². The van der Waals surface area contributed by atoms with Gasteiger partial charge in [-0.3, -0.25) is 0 Å². The second-order valence-corrected chi connectivity index (χ2v) is 7.01. The van der Waals surface area contributed by atoms with Crippen molar-refractivity contribution in [1.82, 2.24) is 14.6 Å². The summed E-state index contributed by atoms with van der Waals surface area (Å²) in [5.41, 5.74) is 2.38. The predicted molar refractivity (Wildman–Crippen MR) is 95.9 cm³/mol. The van der Waals surface area contributed by atoms with Crippen LogP contribution in [0.4, 0.5) is 5.82 Å². The Morgan fingerprint density at radius 3 is 2.86 bits per heavy atom. The molecule has 0 saturated heterocycles. The van der Waals surface area contributed by atoms with Gasteiger partial charge in [-0.15, -0.1) is 0 Å². The third-order valence-corrected chi connectivity index (χ3v) is 4.95. The van der Waals surface area contributed by atoms with Gasteiger partial charge < -0.3 is 5.32 Å². The summed E-state index contributed by atoms with van der Waals surface area (Å²) in [6, 6.07) is 11.0. The van der Waals surface area contributed by atoms with Crippen LogP contribution in [0, 0.1) is 9.49 Å². The molecule has 1 unspecified atom stereocenters. The van der Waals surface area contributed by atoms with Gasteiger partial charge in [-0.25, -0.2) is 9.50 Å². The highest BCUT2D eigenvalue weighted by atomic mass is 127. The van der Waals surface area contributed by atoms with Gasteiger partial charge in [-0.05, 0) is 40.5 Å². The summed E-state index contributed by atoms with van der Waals surface area (Å²) in [7, 11) is 0. The van der Waals surface area contributed by atoms with E-state index in [0.29, 0.717) is 6.04 Å². The first kappa shape index (κ1) is 14.0. The number of anilines is 1. The maximum Gasteiger partial charge on any atom is 0.153 e. The van der Waals surface area contributed by atoms with Crippen molar-refractivity contribution in [3.8, 4) is 0 Å². The molecule has 0 radical (unpaired) electrons. The summed E-state index contributed by atoms with van der Waals surface area (Å²) < 4.78 is 3.00. The molecule has 1 aliphatic carbocycles. The van der Waals surface area contributed by atoms with E-state index < -0.39 is 0 Å². The third kappa shape index (κ3) is 2.82. The number of fused-ring (bicyclic) bond motifs is 1. The monoisotopic (exact) mass is 404 g/mol. The summed E-state index contributed by atoms with van der Waals surface area (Å²) in [5, 5.41) is 8.02. The van der Waals surface area contributed by atoms with Crippen LogP contribution in [0.3, 0.4) is 0 Å². The van der Waals surface area contributed by atoms with Crippen LogP contribution in [0.5, 0.6) is 0 Å². The van der Waals surface area contributed by atoms with Gasteiger partial charge in [0.1, 0.15) is 5.52 Å². The second-order valence-electron chi connectivity index (χ2n) is 5.85. The molecule has 3 aromatic rings. The molecule has 2 aromatic heterocycles. The van der Waals surface area contributed by atoms with Crippen LogP contribution in [0.1, 0.15) is 30.9 Å². The zero-order chi connectivity index (χ0) is 14.9. The topological polar surface area (TPSA) is 42.2 Å². The van der Waals surface area contributed by atoms with Gasteiger partial charge in [0, 0.05) is 12.4 Å². The average molecular weight is 404 g/mol. The van der Waals surface area contributed by atoms with Crippen molar-refractivity contribution in [2.75, 3.05) is 5.32 Å². The summed E-state index contributed by atoms with van der Waals surface area (Å²) in [6.45, 7) is 0. The molecule has 1 aromatic carbocycles. The molecule has 0 spiro atoms. The van der Waals surface area contributed by atoms with Crippen LogP contribution in [0.15, 0.2) is 48.9 Å². The van der Waals surface area contributed by atoms with Crippen molar-refractivity contribution >= 4 is 33.9 Å². The summed E-state index contributed by atoms with van der Waals surface area (Å²) in [5.74, 6) is 1.76. The van der Waals surface area contributed by atoms with Crippen LogP contribution in [0.2, 0.25) is 0 Å². The molecule has 0 amide bonds. The largest absolute Gasteiger partial charge is 0.361 e. The van der Waals surface area contributed by atoms with Crippen LogP contribution >= 0.6 is 22.6 Å². The Bertz CT molecular complexity index is 780. The summed E-state index contributed by atoms with van der Waals surface area (Å²) in [6.07, 6.45) is 9.44. The minimum Gasteiger partial charge on any atom is -0.361 e. The maximum atomic E-state index is 4.56. The van der Waals surface area contributed by atoms with Gasteiger partial charge in [0.15, 0.2) is 5.82 Å². The number of halogens is 1. The normalized spacial score (nSPS) is 15.9. The fraction of sp³-hybridized carbons (Fsp3) is 0.294. The van der Waals surface area contributed by atoms with Crippen molar-refractivity contribution in [2.45, 2.75) is 25.3 Å². The smallest absolute Gasteiger partial charge is 0.153 e. The van der Waals surface area contributed by atoms with Gasteiger partial charge in [-0.2, -0.15) is 5.10 Å². The molecule has 0 aliphatic heterocycles. The molecule has 1 aliphatic rings. The Hall–Kier alpha value is -1.63. The van der Waals surface area contributed by atoms with Crippen molar-refractivity contribution in [2.24, 2.45) is 5.92 Å². The highest BCUT2D eigenvalue weighted by molar-refractivity contribution is 14.1. The number of aromatic nitrogens is 3. The quantitative estimate of drug-likeness (QED) is 0.646. The SMILES string of the molecule is Ic1cnn2ccnc(NC(CC3CC3)c3ccccc3)c12. The van der Waals surface area contributed by atoms with Crippen LogP contribution in [-0.4, -0.2) is 14.6 Å². The molecule has 1 atom stereocenters. The summed E-state index contributed by atoms with van der Waals surface area (Å²) >= 11 is 2.31. The maximum absolute atomic E-state index is 4.56. The van der Waals surface area contributed by atoms with Gasteiger partial charge >= 0.3 is 0 Å². The average Bonchev–Trinajstić information content (AvgIpc) is 3.29. The molecule has 2 heterocycles. The number of nitrogens with one attached hydrogen (secondary N) is 1. The minimum atomic E-state index is 0.304. The highest BCUT2D eigenvalue weighted by Gasteiger charge is 2.27. The van der Waals surface area contributed by atoms with E-state index in [2.05, 4.69) is 68.3 Å². The number of nitrogens with zero attached hydrogens (tertiary/aromatic N) is 3. The highest BCUT2D eigenvalue weighted by Crippen LogP contribution is 2.39. The minimum absolute atomic E-state index is 0.304. The van der Waals surface area contributed by atoms with Crippen LogP contribution in [0.25, 0.3) is 5.52 Å². The van der Waals surface area contributed by atoms with E-state index in [1.807, 2.05) is 16.9 Å². The molecule has 112 valence electrons. The Balaban J connectivity index is 1.69. The van der Waals surface area contributed by atoms with Crippen molar-refractivity contribution in [3.63, 3.8) is 0 Å². The van der Waals surface area contributed by atoms with E-state index in [4.69, 9.17) is 0 Å². The molecule has 4 nitrogen and oxygen atoms in total. The number of rotatable bonds is 5. The molecule has 1 fully saturated rings. The third-order valence-electron chi connectivity index (χ3n) is 4.17. The second kappa shape index (κ2) is 5.87. The molecule has 1 saturated carbocycles.